The first-order valence-electron chi connectivity index (χ1n) is 5.46. The van der Waals surface area contributed by atoms with E-state index in [9.17, 15) is 4.79 Å². The van der Waals surface area contributed by atoms with Crippen molar-refractivity contribution in [1.29, 1.82) is 0 Å². The Labute approximate surface area is 99.9 Å². The minimum absolute atomic E-state index is 0.0563. The highest BCUT2D eigenvalue weighted by Crippen LogP contribution is 2.03. The fourth-order valence-corrected chi connectivity index (χ4v) is 1.41. The molecule has 0 atom stereocenters. The highest BCUT2D eigenvalue weighted by molar-refractivity contribution is 5.76. The van der Waals surface area contributed by atoms with Gasteiger partial charge in [-0.25, -0.2) is 0 Å². The standard InChI is InChI=1S/C11H17N3O3/c1-3-6-14(7-8-15)11(16)5-4-10-12-9(2)13-17-10/h3,15H,1,4-8H2,2H3. The van der Waals surface area contributed by atoms with E-state index in [1.54, 1.807) is 13.0 Å². The highest BCUT2D eigenvalue weighted by Gasteiger charge is 2.13. The molecule has 0 aliphatic heterocycles. The molecule has 1 N–H and O–H groups in total. The number of aromatic nitrogens is 2. The van der Waals surface area contributed by atoms with Crippen molar-refractivity contribution in [2.45, 2.75) is 19.8 Å². The SMILES string of the molecule is C=CCN(CCO)C(=O)CCc1nc(C)no1. The van der Waals surface area contributed by atoms with Crippen LogP contribution in [0.4, 0.5) is 0 Å². The molecule has 1 rings (SSSR count). The van der Waals surface area contributed by atoms with E-state index >= 15 is 0 Å². The van der Waals surface area contributed by atoms with Crippen molar-refractivity contribution >= 4 is 5.91 Å². The van der Waals surface area contributed by atoms with Crippen molar-refractivity contribution in [2.24, 2.45) is 0 Å². The lowest BCUT2D eigenvalue weighted by atomic mass is 10.2. The Kier molecular flexibility index (Phi) is 5.35. The molecular weight excluding hydrogens is 222 g/mol. The van der Waals surface area contributed by atoms with Crippen LogP contribution in [0.3, 0.4) is 0 Å². The van der Waals surface area contributed by atoms with Crippen molar-refractivity contribution < 1.29 is 14.4 Å². The predicted molar refractivity (Wildman–Crippen MR) is 61.2 cm³/mol. The van der Waals surface area contributed by atoms with Crippen molar-refractivity contribution in [1.82, 2.24) is 15.0 Å². The zero-order valence-electron chi connectivity index (χ0n) is 9.93. The van der Waals surface area contributed by atoms with Crippen LogP contribution in [0.2, 0.25) is 0 Å². The summed E-state index contributed by atoms with van der Waals surface area (Å²) in [6, 6.07) is 0. The number of hydrogen-bond donors (Lipinski definition) is 1. The molecular formula is C11H17N3O3. The second-order valence-corrected chi connectivity index (χ2v) is 3.59. The molecule has 0 spiro atoms. The van der Waals surface area contributed by atoms with Crippen molar-refractivity contribution in [3.8, 4) is 0 Å². The Balaban J connectivity index is 2.43. The first kappa shape index (κ1) is 13.4. The largest absolute Gasteiger partial charge is 0.395 e. The van der Waals surface area contributed by atoms with Crippen molar-refractivity contribution in [3.63, 3.8) is 0 Å². The van der Waals surface area contributed by atoms with Crippen LogP contribution in [0.5, 0.6) is 0 Å². The van der Waals surface area contributed by atoms with E-state index < -0.39 is 0 Å². The second kappa shape index (κ2) is 6.80. The normalized spacial score (nSPS) is 10.2. The number of carbonyl (C=O) groups excluding carboxylic acids is 1. The molecule has 1 aromatic heterocycles. The number of nitrogens with zero attached hydrogens (tertiary/aromatic N) is 3. The summed E-state index contributed by atoms with van der Waals surface area (Å²) in [4.78, 5) is 17.3. The summed E-state index contributed by atoms with van der Waals surface area (Å²) in [5.74, 6) is 0.957. The van der Waals surface area contributed by atoms with E-state index in [4.69, 9.17) is 9.63 Å². The van der Waals surface area contributed by atoms with Gasteiger partial charge >= 0.3 is 0 Å². The quantitative estimate of drug-likeness (QED) is 0.693. The van der Waals surface area contributed by atoms with Gasteiger partial charge in [-0.05, 0) is 6.92 Å². The maximum absolute atomic E-state index is 11.8. The van der Waals surface area contributed by atoms with Gasteiger partial charge in [0.2, 0.25) is 11.8 Å². The fraction of sp³-hybridized carbons (Fsp3) is 0.545. The van der Waals surface area contributed by atoms with Crippen LogP contribution in [-0.4, -0.2) is 45.8 Å². The Morgan fingerprint density at radius 1 is 1.65 bits per heavy atom. The number of carbonyl (C=O) groups is 1. The van der Waals surface area contributed by atoms with Gasteiger partial charge in [0.25, 0.3) is 0 Å². The lowest BCUT2D eigenvalue weighted by molar-refractivity contribution is -0.131. The molecule has 1 amide bonds. The smallest absolute Gasteiger partial charge is 0.227 e. The molecule has 0 radical (unpaired) electrons. The minimum Gasteiger partial charge on any atom is -0.395 e. The molecule has 1 heterocycles. The molecule has 17 heavy (non-hydrogen) atoms. The topological polar surface area (TPSA) is 79.5 Å². The average Bonchev–Trinajstić information content (AvgIpc) is 2.72. The molecule has 0 saturated heterocycles. The van der Waals surface area contributed by atoms with Crippen LogP contribution in [0, 0.1) is 6.92 Å². The van der Waals surface area contributed by atoms with Crippen molar-refractivity contribution in [2.75, 3.05) is 19.7 Å². The molecule has 94 valence electrons. The highest BCUT2D eigenvalue weighted by atomic mass is 16.5. The second-order valence-electron chi connectivity index (χ2n) is 3.59. The number of aliphatic hydroxyl groups excluding tert-OH is 1. The first-order valence-corrected chi connectivity index (χ1v) is 5.46. The van der Waals surface area contributed by atoms with Gasteiger partial charge in [0.1, 0.15) is 0 Å². The first-order chi connectivity index (χ1) is 8.17. The summed E-state index contributed by atoms with van der Waals surface area (Å²) in [7, 11) is 0. The van der Waals surface area contributed by atoms with Crippen LogP contribution in [0.15, 0.2) is 17.2 Å². The van der Waals surface area contributed by atoms with Crippen LogP contribution in [0.25, 0.3) is 0 Å². The maximum atomic E-state index is 11.8. The molecule has 0 unspecified atom stereocenters. The van der Waals surface area contributed by atoms with Gasteiger partial charge in [0.05, 0.1) is 6.61 Å². The number of aliphatic hydroxyl groups is 1. The zero-order chi connectivity index (χ0) is 12.7. The lowest BCUT2D eigenvalue weighted by Gasteiger charge is -2.19. The van der Waals surface area contributed by atoms with E-state index in [2.05, 4.69) is 16.7 Å². The summed E-state index contributed by atoms with van der Waals surface area (Å²) in [6.07, 6.45) is 2.33. The summed E-state index contributed by atoms with van der Waals surface area (Å²) in [5.41, 5.74) is 0. The van der Waals surface area contributed by atoms with Gasteiger partial charge in [-0.2, -0.15) is 4.98 Å². The Hall–Kier alpha value is -1.69. The van der Waals surface area contributed by atoms with E-state index in [1.807, 2.05) is 0 Å². The van der Waals surface area contributed by atoms with E-state index in [0.717, 1.165) is 0 Å². The summed E-state index contributed by atoms with van der Waals surface area (Å²) in [6.45, 7) is 5.99. The van der Waals surface area contributed by atoms with Gasteiger partial charge < -0.3 is 14.5 Å². The maximum Gasteiger partial charge on any atom is 0.227 e. The predicted octanol–water partition coefficient (Wildman–Crippen LogP) is 0.318. The Bertz CT molecular complexity index is 376. The number of aryl methyl sites for hydroxylation is 2. The summed E-state index contributed by atoms with van der Waals surface area (Å²) in [5, 5.41) is 12.5. The van der Waals surface area contributed by atoms with Gasteiger partial charge in [0.15, 0.2) is 5.82 Å². The third-order valence-electron chi connectivity index (χ3n) is 2.19. The molecule has 0 bridgehead atoms. The summed E-state index contributed by atoms with van der Waals surface area (Å²) < 4.78 is 4.91. The van der Waals surface area contributed by atoms with Crippen LogP contribution in [-0.2, 0) is 11.2 Å². The molecule has 0 aliphatic rings. The van der Waals surface area contributed by atoms with Crippen LogP contribution in [0.1, 0.15) is 18.1 Å². The van der Waals surface area contributed by atoms with E-state index in [-0.39, 0.29) is 18.9 Å². The number of hydrogen-bond acceptors (Lipinski definition) is 5. The average molecular weight is 239 g/mol. The van der Waals surface area contributed by atoms with Gasteiger partial charge in [-0.15, -0.1) is 6.58 Å². The molecule has 6 nitrogen and oxygen atoms in total. The third kappa shape index (κ3) is 4.36. The molecule has 0 saturated carbocycles. The summed E-state index contributed by atoms with van der Waals surface area (Å²) >= 11 is 0. The third-order valence-corrected chi connectivity index (χ3v) is 2.19. The minimum atomic E-state index is -0.0604. The zero-order valence-corrected chi connectivity index (χ0v) is 9.93. The molecule has 6 heteroatoms. The molecule has 0 aromatic carbocycles. The number of rotatable bonds is 7. The van der Waals surface area contributed by atoms with Crippen LogP contribution < -0.4 is 0 Å². The van der Waals surface area contributed by atoms with Crippen LogP contribution >= 0.6 is 0 Å². The Morgan fingerprint density at radius 2 is 2.41 bits per heavy atom. The lowest BCUT2D eigenvalue weighted by Crippen LogP contribution is -2.33. The monoisotopic (exact) mass is 239 g/mol. The van der Waals surface area contributed by atoms with E-state index in [0.29, 0.717) is 31.2 Å². The fourth-order valence-electron chi connectivity index (χ4n) is 1.41. The van der Waals surface area contributed by atoms with Gasteiger partial charge in [-0.3, -0.25) is 4.79 Å². The van der Waals surface area contributed by atoms with Crippen molar-refractivity contribution in [3.05, 3.63) is 24.4 Å². The number of amides is 1. The molecule has 1 aromatic rings. The van der Waals surface area contributed by atoms with Gasteiger partial charge in [-0.1, -0.05) is 11.2 Å². The molecule has 0 fully saturated rings. The molecule has 0 aliphatic carbocycles. The Morgan fingerprint density at radius 3 is 2.94 bits per heavy atom. The van der Waals surface area contributed by atoms with Gasteiger partial charge in [0, 0.05) is 25.9 Å². The van der Waals surface area contributed by atoms with E-state index in [1.165, 1.54) is 4.90 Å².